The molecule has 2 aromatic rings. The van der Waals surface area contributed by atoms with Crippen LogP contribution in [0.5, 0.6) is 0 Å². The maximum atomic E-state index is 4.73. The van der Waals surface area contributed by atoms with Crippen molar-refractivity contribution in [3.63, 3.8) is 0 Å². The Morgan fingerprint density at radius 2 is 2.11 bits per heavy atom. The van der Waals surface area contributed by atoms with Crippen LogP contribution in [0.1, 0.15) is 47.9 Å². The van der Waals surface area contributed by atoms with Crippen molar-refractivity contribution >= 4 is 5.65 Å². The van der Waals surface area contributed by atoms with Gasteiger partial charge in [0.1, 0.15) is 0 Å². The number of hydrogen-bond acceptors (Lipinski definition) is 3. The molecule has 1 atom stereocenters. The van der Waals surface area contributed by atoms with E-state index in [1.54, 1.807) is 0 Å². The summed E-state index contributed by atoms with van der Waals surface area (Å²) in [5, 5.41) is 8.27. The molecule has 0 bridgehead atoms. The Kier molecular flexibility index (Phi) is 2.82. The summed E-state index contributed by atoms with van der Waals surface area (Å²) in [6.45, 7) is 7.39. The minimum Gasteiger partial charge on any atom is -0.309 e. The van der Waals surface area contributed by atoms with Crippen LogP contribution in [0.25, 0.3) is 5.65 Å². The SMILES string of the molecule is Cc1nc2cc(C3CCCCN3)nn2c(C)c1C. The summed E-state index contributed by atoms with van der Waals surface area (Å²) < 4.78 is 1.98. The highest BCUT2D eigenvalue weighted by atomic mass is 15.3. The maximum absolute atomic E-state index is 4.73. The normalized spacial score (nSPS) is 20.5. The molecular formula is C14H20N4. The second-order valence-electron chi connectivity index (χ2n) is 5.25. The van der Waals surface area contributed by atoms with E-state index in [0.717, 1.165) is 23.6 Å². The third kappa shape index (κ3) is 1.81. The van der Waals surface area contributed by atoms with Crippen LogP contribution in [0.2, 0.25) is 0 Å². The number of piperidine rings is 1. The summed E-state index contributed by atoms with van der Waals surface area (Å²) in [7, 11) is 0. The van der Waals surface area contributed by atoms with Gasteiger partial charge in [-0.05, 0) is 45.7 Å². The third-order valence-electron chi connectivity index (χ3n) is 4.06. The highest BCUT2D eigenvalue weighted by Crippen LogP contribution is 2.23. The number of nitrogens with one attached hydrogen (secondary N) is 1. The van der Waals surface area contributed by atoms with Crippen molar-refractivity contribution in [1.29, 1.82) is 0 Å². The molecule has 18 heavy (non-hydrogen) atoms. The first-order valence-corrected chi connectivity index (χ1v) is 6.73. The summed E-state index contributed by atoms with van der Waals surface area (Å²) in [5.74, 6) is 0. The molecule has 3 rings (SSSR count). The minimum absolute atomic E-state index is 0.403. The van der Waals surface area contributed by atoms with Crippen LogP contribution < -0.4 is 5.32 Å². The zero-order valence-corrected chi connectivity index (χ0v) is 11.3. The molecule has 1 saturated heterocycles. The van der Waals surface area contributed by atoms with Crippen molar-refractivity contribution in [2.75, 3.05) is 6.54 Å². The van der Waals surface area contributed by atoms with E-state index in [1.807, 2.05) is 4.52 Å². The molecule has 96 valence electrons. The number of rotatable bonds is 1. The lowest BCUT2D eigenvalue weighted by molar-refractivity contribution is 0.404. The molecule has 1 fully saturated rings. The zero-order valence-electron chi connectivity index (χ0n) is 11.3. The first-order chi connectivity index (χ1) is 8.66. The Morgan fingerprint density at radius 3 is 2.83 bits per heavy atom. The van der Waals surface area contributed by atoms with E-state index in [9.17, 15) is 0 Å². The molecule has 0 saturated carbocycles. The summed E-state index contributed by atoms with van der Waals surface area (Å²) >= 11 is 0. The van der Waals surface area contributed by atoms with Gasteiger partial charge < -0.3 is 5.32 Å². The summed E-state index contributed by atoms with van der Waals surface area (Å²) in [6.07, 6.45) is 3.75. The summed E-state index contributed by atoms with van der Waals surface area (Å²) in [5.41, 5.74) is 5.63. The van der Waals surface area contributed by atoms with E-state index < -0.39 is 0 Å². The lowest BCUT2D eigenvalue weighted by Gasteiger charge is -2.21. The molecular weight excluding hydrogens is 224 g/mol. The molecule has 4 heteroatoms. The predicted molar refractivity (Wildman–Crippen MR) is 71.8 cm³/mol. The molecule has 3 heterocycles. The Labute approximate surface area is 107 Å². The largest absolute Gasteiger partial charge is 0.309 e. The van der Waals surface area contributed by atoms with Gasteiger partial charge in [0.15, 0.2) is 5.65 Å². The minimum atomic E-state index is 0.403. The molecule has 0 aromatic carbocycles. The number of aromatic nitrogens is 3. The Balaban J connectivity index is 2.07. The van der Waals surface area contributed by atoms with Gasteiger partial charge in [0, 0.05) is 17.5 Å². The van der Waals surface area contributed by atoms with Gasteiger partial charge in [0.05, 0.1) is 11.7 Å². The fourth-order valence-electron chi connectivity index (χ4n) is 2.67. The maximum Gasteiger partial charge on any atom is 0.155 e. The molecule has 1 N–H and O–H groups in total. The van der Waals surface area contributed by atoms with E-state index in [0.29, 0.717) is 6.04 Å². The Morgan fingerprint density at radius 1 is 1.28 bits per heavy atom. The van der Waals surface area contributed by atoms with Crippen LogP contribution in [0.4, 0.5) is 0 Å². The monoisotopic (exact) mass is 244 g/mol. The first-order valence-electron chi connectivity index (χ1n) is 6.73. The number of fused-ring (bicyclic) bond motifs is 1. The molecule has 0 radical (unpaired) electrons. The van der Waals surface area contributed by atoms with Crippen LogP contribution >= 0.6 is 0 Å². The molecule has 0 aliphatic carbocycles. The standard InChI is InChI=1S/C14H20N4/c1-9-10(2)16-14-8-13(17-18(14)11(9)3)12-6-4-5-7-15-12/h8,12,15H,4-7H2,1-3H3. The average molecular weight is 244 g/mol. The van der Waals surface area contributed by atoms with Gasteiger partial charge in [-0.3, -0.25) is 0 Å². The molecule has 2 aromatic heterocycles. The lowest BCUT2D eigenvalue weighted by atomic mass is 10.0. The van der Waals surface area contributed by atoms with Crippen molar-refractivity contribution in [3.05, 3.63) is 28.7 Å². The van der Waals surface area contributed by atoms with Crippen molar-refractivity contribution < 1.29 is 0 Å². The second kappa shape index (κ2) is 4.35. The van der Waals surface area contributed by atoms with Crippen LogP contribution in [0, 0.1) is 20.8 Å². The van der Waals surface area contributed by atoms with Gasteiger partial charge in [-0.2, -0.15) is 5.10 Å². The quantitative estimate of drug-likeness (QED) is 0.838. The molecule has 1 aliphatic heterocycles. The van der Waals surface area contributed by atoms with E-state index in [2.05, 4.69) is 37.1 Å². The van der Waals surface area contributed by atoms with E-state index >= 15 is 0 Å². The van der Waals surface area contributed by atoms with Crippen LogP contribution in [0.3, 0.4) is 0 Å². The van der Waals surface area contributed by atoms with E-state index in [1.165, 1.54) is 30.5 Å². The highest BCUT2D eigenvalue weighted by Gasteiger charge is 2.19. The van der Waals surface area contributed by atoms with Gasteiger partial charge in [-0.25, -0.2) is 9.50 Å². The average Bonchev–Trinajstić information content (AvgIpc) is 2.81. The lowest BCUT2D eigenvalue weighted by Crippen LogP contribution is -2.27. The van der Waals surface area contributed by atoms with E-state index in [-0.39, 0.29) is 0 Å². The number of hydrogen-bond donors (Lipinski definition) is 1. The second-order valence-corrected chi connectivity index (χ2v) is 5.25. The fraction of sp³-hybridized carbons (Fsp3) is 0.571. The zero-order chi connectivity index (χ0) is 12.7. The van der Waals surface area contributed by atoms with Gasteiger partial charge in [0.25, 0.3) is 0 Å². The fourth-order valence-corrected chi connectivity index (χ4v) is 2.67. The Hall–Kier alpha value is -1.42. The van der Waals surface area contributed by atoms with Gasteiger partial charge in [-0.1, -0.05) is 6.42 Å². The predicted octanol–water partition coefficient (Wildman–Crippen LogP) is 2.47. The molecule has 4 nitrogen and oxygen atoms in total. The van der Waals surface area contributed by atoms with Crippen LogP contribution in [0.15, 0.2) is 6.07 Å². The van der Waals surface area contributed by atoms with Crippen molar-refractivity contribution in [2.24, 2.45) is 0 Å². The number of aryl methyl sites for hydroxylation is 2. The third-order valence-corrected chi connectivity index (χ3v) is 4.06. The molecule has 0 spiro atoms. The van der Waals surface area contributed by atoms with Crippen molar-refractivity contribution in [3.8, 4) is 0 Å². The van der Waals surface area contributed by atoms with Crippen LogP contribution in [-0.4, -0.2) is 21.1 Å². The smallest absolute Gasteiger partial charge is 0.155 e. The Bertz CT molecular complexity index is 579. The van der Waals surface area contributed by atoms with Crippen molar-refractivity contribution in [2.45, 2.75) is 46.1 Å². The summed E-state index contributed by atoms with van der Waals surface area (Å²) in [6, 6.07) is 2.53. The molecule has 1 aliphatic rings. The van der Waals surface area contributed by atoms with Gasteiger partial charge in [0.2, 0.25) is 0 Å². The van der Waals surface area contributed by atoms with Crippen molar-refractivity contribution in [1.82, 2.24) is 19.9 Å². The van der Waals surface area contributed by atoms with Gasteiger partial charge in [-0.15, -0.1) is 0 Å². The molecule has 1 unspecified atom stereocenters. The highest BCUT2D eigenvalue weighted by molar-refractivity contribution is 5.44. The number of nitrogens with zero attached hydrogens (tertiary/aromatic N) is 3. The topological polar surface area (TPSA) is 42.2 Å². The van der Waals surface area contributed by atoms with Crippen LogP contribution in [-0.2, 0) is 0 Å². The van der Waals surface area contributed by atoms with E-state index in [4.69, 9.17) is 5.10 Å². The van der Waals surface area contributed by atoms with Gasteiger partial charge >= 0.3 is 0 Å². The molecule has 0 amide bonds. The first kappa shape index (κ1) is 11.7. The summed E-state index contributed by atoms with van der Waals surface area (Å²) in [4.78, 5) is 4.62.